The summed E-state index contributed by atoms with van der Waals surface area (Å²) in [7, 11) is 5.52. The monoisotopic (exact) mass is 574 g/mol. The molecule has 0 aromatic heterocycles. The highest BCUT2D eigenvalue weighted by Crippen LogP contribution is 2.43. The molecule has 0 bridgehead atoms. The van der Waals surface area contributed by atoms with Crippen LogP contribution in [0.15, 0.2) is 26.6 Å². The second kappa shape index (κ2) is 10.5. The number of benzene rings is 2. The highest BCUT2D eigenvalue weighted by molar-refractivity contribution is 9.11. The van der Waals surface area contributed by atoms with Crippen molar-refractivity contribution in [3.63, 3.8) is 0 Å². The molecule has 31 heavy (non-hydrogen) atoms. The quantitative estimate of drug-likeness (QED) is 0.390. The fraction of sp³-hybridized carbons (Fsp3) is 0.273. The fourth-order valence-electron chi connectivity index (χ4n) is 3.19. The normalized spacial score (nSPS) is 10.4. The van der Waals surface area contributed by atoms with Gasteiger partial charge in [0.05, 0.1) is 37.4 Å². The van der Waals surface area contributed by atoms with Crippen molar-refractivity contribution in [2.24, 2.45) is 0 Å². The van der Waals surface area contributed by atoms with Crippen LogP contribution in [0.25, 0.3) is 5.57 Å². The SMILES string of the molecule is COC(=O)c1cc(C(=CCl)c2cc(C(=O)OC)c(OC)c(Br)c2C)c(C)c(Br)c1OC. The molecular formula is C22H21Br2ClO6. The molecule has 0 spiro atoms. The van der Waals surface area contributed by atoms with Crippen molar-refractivity contribution in [3.8, 4) is 11.5 Å². The van der Waals surface area contributed by atoms with Crippen LogP contribution in [-0.2, 0) is 9.47 Å². The highest BCUT2D eigenvalue weighted by Gasteiger charge is 2.26. The minimum absolute atomic E-state index is 0.229. The summed E-state index contributed by atoms with van der Waals surface area (Å²) in [6, 6.07) is 3.29. The Bertz CT molecular complexity index is 997. The molecule has 0 atom stereocenters. The molecule has 0 saturated carbocycles. The molecule has 2 rings (SSSR count). The van der Waals surface area contributed by atoms with Gasteiger partial charge in [0.15, 0.2) is 0 Å². The second-order valence-electron chi connectivity index (χ2n) is 6.39. The molecule has 0 unspecified atom stereocenters. The number of carbonyl (C=O) groups excluding carboxylic acids is 2. The molecule has 6 nitrogen and oxygen atoms in total. The predicted molar refractivity (Wildman–Crippen MR) is 126 cm³/mol. The van der Waals surface area contributed by atoms with Gasteiger partial charge in [0.1, 0.15) is 22.6 Å². The van der Waals surface area contributed by atoms with Gasteiger partial charge >= 0.3 is 11.9 Å². The number of methoxy groups -OCH3 is 4. The van der Waals surface area contributed by atoms with E-state index >= 15 is 0 Å². The molecule has 0 radical (unpaired) electrons. The average Bonchev–Trinajstić information content (AvgIpc) is 2.78. The Morgan fingerprint density at radius 2 is 1.13 bits per heavy atom. The maximum absolute atomic E-state index is 12.4. The number of carbonyl (C=O) groups is 2. The Morgan fingerprint density at radius 3 is 1.39 bits per heavy atom. The van der Waals surface area contributed by atoms with E-state index in [4.69, 9.17) is 30.5 Å². The minimum atomic E-state index is -0.560. The van der Waals surface area contributed by atoms with E-state index in [2.05, 4.69) is 31.9 Å². The van der Waals surface area contributed by atoms with Gasteiger partial charge in [-0.1, -0.05) is 11.6 Å². The number of esters is 2. The van der Waals surface area contributed by atoms with Crippen molar-refractivity contribution in [2.45, 2.75) is 13.8 Å². The molecule has 2 aromatic rings. The first kappa shape index (κ1) is 25.2. The molecule has 0 aliphatic rings. The van der Waals surface area contributed by atoms with Gasteiger partial charge in [-0.2, -0.15) is 0 Å². The van der Waals surface area contributed by atoms with Crippen molar-refractivity contribution in [1.82, 2.24) is 0 Å². The lowest BCUT2D eigenvalue weighted by Crippen LogP contribution is -2.09. The van der Waals surface area contributed by atoms with Crippen LogP contribution < -0.4 is 9.47 Å². The molecule has 0 amide bonds. The van der Waals surface area contributed by atoms with Crippen LogP contribution in [0, 0.1) is 13.8 Å². The molecule has 0 N–H and O–H groups in total. The van der Waals surface area contributed by atoms with Crippen LogP contribution in [0.1, 0.15) is 43.0 Å². The molecule has 166 valence electrons. The number of ether oxygens (including phenoxy) is 4. The lowest BCUT2D eigenvalue weighted by atomic mass is 9.90. The summed E-state index contributed by atoms with van der Waals surface area (Å²) < 4.78 is 21.8. The van der Waals surface area contributed by atoms with E-state index in [9.17, 15) is 9.59 Å². The van der Waals surface area contributed by atoms with Gasteiger partial charge in [0, 0.05) is 11.1 Å². The molecule has 0 heterocycles. The van der Waals surface area contributed by atoms with E-state index < -0.39 is 11.9 Å². The molecule has 0 aliphatic heterocycles. The maximum Gasteiger partial charge on any atom is 0.341 e. The lowest BCUT2D eigenvalue weighted by molar-refractivity contribution is 0.0587. The number of hydrogen-bond acceptors (Lipinski definition) is 6. The number of hydrogen-bond donors (Lipinski definition) is 0. The number of halogens is 3. The van der Waals surface area contributed by atoms with Gasteiger partial charge in [-0.25, -0.2) is 9.59 Å². The van der Waals surface area contributed by atoms with Gasteiger partial charge in [0.25, 0.3) is 0 Å². The van der Waals surface area contributed by atoms with Crippen molar-refractivity contribution >= 4 is 61.0 Å². The van der Waals surface area contributed by atoms with Gasteiger partial charge < -0.3 is 18.9 Å². The lowest BCUT2D eigenvalue weighted by Gasteiger charge is -2.20. The third kappa shape index (κ3) is 4.61. The van der Waals surface area contributed by atoms with Gasteiger partial charge in [0.2, 0.25) is 0 Å². The first-order valence-corrected chi connectivity index (χ1v) is 10.9. The Balaban J connectivity index is 2.90. The van der Waals surface area contributed by atoms with Gasteiger partial charge in [-0.15, -0.1) is 0 Å². The number of rotatable bonds is 6. The smallest absolute Gasteiger partial charge is 0.341 e. The van der Waals surface area contributed by atoms with Crippen molar-refractivity contribution in [1.29, 1.82) is 0 Å². The van der Waals surface area contributed by atoms with E-state index in [1.54, 1.807) is 12.1 Å². The highest BCUT2D eigenvalue weighted by atomic mass is 79.9. The molecule has 0 saturated heterocycles. The Hall–Kier alpha value is -2.03. The second-order valence-corrected chi connectivity index (χ2v) is 8.20. The summed E-state index contributed by atoms with van der Waals surface area (Å²) in [5.41, 5.74) is 5.30. The zero-order chi connectivity index (χ0) is 23.5. The van der Waals surface area contributed by atoms with Crippen molar-refractivity contribution < 1.29 is 28.5 Å². The topological polar surface area (TPSA) is 71.1 Å². The van der Waals surface area contributed by atoms with Crippen LogP contribution in [-0.4, -0.2) is 40.4 Å². The van der Waals surface area contributed by atoms with E-state index in [1.165, 1.54) is 34.0 Å². The first-order chi connectivity index (χ1) is 14.7. The van der Waals surface area contributed by atoms with Crippen LogP contribution in [0.4, 0.5) is 0 Å². The summed E-state index contributed by atoms with van der Waals surface area (Å²) in [6.07, 6.45) is 0. The van der Waals surface area contributed by atoms with E-state index in [1.807, 2.05) is 13.8 Å². The Labute approximate surface area is 202 Å². The predicted octanol–water partition coefficient (Wildman–Crippen LogP) is 6.05. The van der Waals surface area contributed by atoms with Crippen molar-refractivity contribution in [3.05, 3.63) is 60.0 Å². The zero-order valence-corrected chi connectivity index (χ0v) is 21.7. The van der Waals surface area contributed by atoms with E-state index in [0.717, 1.165) is 11.1 Å². The molecule has 0 aliphatic carbocycles. The van der Waals surface area contributed by atoms with E-state index in [0.29, 0.717) is 37.1 Å². The molecule has 9 heteroatoms. The summed E-state index contributed by atoms with van der Waals surface area (Å²) in [4.78, 5) is 24.8. The largest absolute Gasteiger partial charge is 0.495 e. The zero-order valence-electron chi connectivity index (χ0n) is 17.8. The molecular weight excluding hydrogens is 555 g/mol. The summed E-state index contributed by atoms with van der Waals surface area (Å²) >= 11 is 13.3. The standard InChI is InChI=1S/C22H21Br2ClO6/c1-10-12(7-14(21(26)30-5)19(28-3)17(10)23)16(9-25)13-8-15(22(27)31-6)20(29-4)18(24)11(13)2/h7-9H,1-6H3. The summed E-state index contributed by atoms with van der Waals surface area (Å²) in [6.45, 7) is 3.72. The fourth-order valence-corrected chi connectivity index (χ4v) is 4.61. The molecule has 0 fully saturated rings. The van der Waals surface area contributed by atoms with Crippen LogP contribution >= 0.6 is 43.5 Å². The van der Waals surface area contributed by atoms with Crippen molar-refractivity contribution in [2.75, 3.05) is 28.4 Å². The third-order valence-electron chi connectivity index (χ3n) is 4.84. The van der Waals surface area contributed by atoms with Crippen LogP contribution in [0.3, 0.4) is 0 Å². The van der Waals surface area contributed by atoms with Gasteiger partial charge in [-0.05, 0) is 80.1 Å². The Kier molecular flexibility index (Phi) is 8.57. The third-order valence-corrected chi connectivity index (χ3v) is 6.97. The molecule has 2 aromatic carbocycles. The first-order valence-electron chi connectivity index (χ1n) is 8.90. The Morgan fingerprint density at radius 1 is 0.774 bits per heavy atom. The van der Waals surface area contributed by atoms with E-state index in [-0.39, 0.29) is 11.1 Å². The van der Waals surface area contributed by atoms with Crippen LogP contribution in [0.5, 0.6) is 11.5 Å². The summed E-state index contributed by atoms with van der Waals surface area (Å²) in [5, 5.41) is 0. The van der Waals surface area contributed by atoms with Gasteiger partial charge in [-0.3, -0.25) is 0 Å². The minimum Gasteiger partial charge on any atom is -0.495 e. The average molecular weight is 577 g/mol. The maximum atomic E-state index is 12.4. The van der Waals surface area contributed by atoms with Crippen LogP contribution in [0.2, 0.25) is 0 Å². The summed E-state index contributed by atoms with van der Waals surface area (Å²) in [5.74, 6) is -0.416.